The van der Waals surface area contributed by atoms with E-state index < -0.39 is 8.80 Å². The molecule has 1 saturated heterocycles. The zero-order chi connectivity index (χ0) is 13.5. The van der Waals surface area contributed by atoms with Crippen molar-refractivity contribution in [3.8, 4) is 0 Å². The SMILES string of the molecule is CC[N+]1(CCC[Si](OC)(OC)OC)CCCCC1. The number of likely N-dealkylation sites (tertiary alicyclic amines) is 1. The van der Waals surface area contributed by atoms with Crippen LogP contribution in [-0.4, -0.2) is 60.8 Å². The van der Waals surface area contributed by atoms with Crippen LogP contribution in [0.4, 0.5) is 0 Å². The maximum atomic E-state index is 5.48. The molecule has 0 aromatic heterocycles. The summed E-state index contributed by atoms with van der Waals surface area (Å²) in [4.78, 5) is 0. The highest BCUT2D eigenvalue weighted by Crippen LogP contribution is 2.22. The number of piperidine rings is 1. The average Bonchev–Trinajstić information content (AvgIpc) is 2.45. The van der Waals surface area contributed by atoms with Gasteiger partial charge in [0.1, 0.15) is 0 Å². The van der Waals surface area contributed by atoms with E-state index in [0.717, 1.165) is 12.5 Å². The highest BCUT2D eigenvalue weighted by atomic mass is 28.4. The molecule has 0 bridgehead atoms. The fraction of sp³-hybridized carbons (Fsp3) is 1.00. The molecule has 4 nitrogen and oxygen atoms in total. The molecule has 0 aromatic carbocycles. The minimum absolute atomic E-state index is 0.927. The third-order valence-electron chi connectivity index (χ3n) is 4.48. The number of nitrogens with zero attached hydrogens (tertiary/aromatic N) is 1. The second-order valence-electron chi connectivity index (χ2n) is 5.29. The molecule has 0 atom stereocenters. The number of quaternary nitrogens is 1. The molecule has 0 saturated carbocycles. The number of hydrogen-bond acceptors (Lipinski definition) is 3. The van der Waals surface area contributed by atoms with Crippen molar-refractivity contribution in [2.24, 2.45) is 0 Å². The minimum Gasteiger partial charge on any atom is -0.377 e. The molecule has 5 heteroatoms. The van der Waals surface area contributed by atoms with Crippen molar-refractivity contribution in [1.82, 2.24) is 0 Å². The second kappa shape index (κ2) is 7.60. The third kappa shape index (κ3) is 4.03. The first-order chi connectivity index (χ1) is 8.66. The molecule has 0 radical (unpaired) electrons. The lowest BCUT2D eigenvalue weighted by Gasteiger charge is -2.41. The van der Waals surface area contributed by atoms with Crippen molar-refractivity contribution < 1.29 is 17.8 Å². The molecule has 0 aromatic rings. The highest BCUT2D eigenvalue weighted by Gasteiger charge is 2.38. The summed E-state index contributed by atoms with van der Waals surface area (Å²) in [5.74, 6) is 0. The van der Waals surface area contributed by atoms with Crippen LogP contribution in [0.2, 0.25) is 6.04 Å². The van der Waals surface area contributed by atoms with Gasteiger partial charge in [0, 0.05) is 33.8 Å². The van der Waals surface area contributed by atoms with Crippen molar-refractivity contribution in [3.05, 3.63) is 0 Å². The summed E-state index contributed by atoms with van der Waals surface area (Å²) >= 11 is 0. The Labute approximate surface area is 113 Å². The van der Waals surface area contributed by atoms with Crippen LogP contribution in [-0.2, 0) is 13.3 Å². The Bertz CT molecular complexity index is 220. The molecule has 1 aliphatic rings. The summed E-state index contributed by atoms with van der Waals surface area (Å²) in [5.41, 5.74) is 0. The van der Waals surface area contributed by atoms with E-state index in [9.17, 15) is 0 Å². The van der Waals surface area contributed by atoms with Crippen LogP contribution in [0.1, 0.15) is 32.6 Å². The smallest absolute Gasteiger partial charge is 0.377 e. The van der Waals surface area contributed by atoms with E-state index in [4.69, 9.17) is 13.3 Å². The summed E-state index contributed by atoms with van der Waals surface area (Å²) in [5, 5.41) is 0. The van der Waals surface area contributed by atoms with Crippen molar-refractivity contribution in [2.75, 3.05) is 47.5 Å². The Morgan fingerprint density at radius 1 is 0.944 bits per heavy atom. The molecule has 0 N–H and O–H groups in total. The van der Waals surface area contributed by atoms with E-state index in [-0.39, 0.29) is 0 Å². The Morgan fingerprint density at radius 2 is 1.50 bits per heavy atom. The van der Waals surface area contributed by atoms with Crippen LogP contribution < -0.4 is 0 Å². The van der Waals surface area contributed by atoms with Gasteiger partial charge in [0.15, 0.2) is 0 Å². The van der Waals surface area contributed by atoms with E-state index >= 15 is 0 Å². The summed E-state index contributed by atoms with van der Waals surface area (Å²) in [7, 11) is 2.74. The van der Waals surface area contributed by atoms with Gasteiger partial charge in [-0.05, 0) is 26.2 Å². The Hall–Kier alpha value is 0.0569. The first kappa shape index (κ1) is 16.1. The fourth-order valence-corrected chi connectivity index (χ4v) is 4.77. The zero-order valence-electron chi connectivity index (χ0n) is 12.5. The first-order valence-corrected chi connectivity index (χ1v) is 9.09. The molecule has 108 valence electrons. The summed E-state index contributed by atoms with van der Waals surface area (Å²) in [6.07, 6.45) is 5.31. The Morgan fingerprint density at radius 3 is 1.94 bits per heavy atom. The summed E-state index contributed by atoms with van der Waals surface area (Å²) in [6.45, 7) is 7.50. The molecule has 1 rings (SSSR count). The molecule has 1 heterocycles. The van der Waals surface area contributed by atoms with Gasteiger partial charge in [-0.1, -0.05) is 0 Å². The lowest BCUT2D eigenvalue weighted by molar-refractivity contribution is -0.930. The first-order valence-electron chi connectivity index (χ1n) is 7.16. The molecule has 1 aliphatic heterocycles. The maximum Gasteiger partial charge on any atom is 0.500 e. The van der Waals surface area contributed by atoms with Gasteiger partial charge >= 0.3 is 8.80 Å². The molecule has 0 aliphatic carbocycles. The van der Waals surface area contributed by atoms with Gasteiger partial charge in [0.25, 0.3) is 0 Å². The second-order valence-corrected chi connectivity index (χ2v) is 8.38. The van der Waals surface area contributed by atoms with Gasteiger partial charge in [-0.2, -0.15) is 0 Å². The monoisotopic (exact) mass is 276 g/mol. The third-order valence-corrected chi connectivity index (χ3v) is 7.32. The van der Waals surface area contributed by atoms with E-state index in [0.29, 0.717) is 0 Å². The minimum atomic E-state index is -2.36. The van der Waals surface area contributed by atoms with Crippen molar-refractivity contribution >= 4 is 8.80 Å². The molecule has 0 amide bonds. The van der Waals surface area contributed by atoms with Crippen molar-refractivity contribution in [1.29, 1.82) is 0 Å². The van der Waals surface area contributed by atoms with Crippen LogP contribution in [0.25, 0.3) is 0 Å². The van der Waals surface area contributed by atoms with E-state index in [1.54, 1.807) is 21.3 Å². The maximum absolute atomic E-state index is 5.48. The van der Waals surface area contributed by atoms with Crippen LogP contribution >= 0.6 is 0 Å². The molecular weight excluding hydrogens is 246 g/mol. The van der Waals surface area contributed by atoms with Crippen LogP contribution in [0, 0.1) is 0 Å². The zero-order valence-corrected chi connectivity index (χ0v) is 13.5. The van der Waals surface area contributed by atoms with E-state index in [2.05, 4.69) is 6.92 Å². The molecule has 18 heavy (non-hydrogen) atoms. The molecule has 0 spiro atoms. The lowest BCUT2D eigenvalue weighted by atomic mass is 10.1. The van der Waals surface area contributed by atoms with Crippen LogP contribution in [0.5, 0.6) is 0 Å². The Kier molecular flexibility index (Phi) is 6.80. The summed E-state index contributed by atoms with van der Waals surface area (Å²) in [6, 6.07) is 0.927. The van der Waals surface area contributed by atoms with Crippen LogP contribution in [0.3, 0.4) is 0 Å². The van der Waals surface area contributed by atoms with Gasteiger partial charge in [0.05, 0.1) is 26.2 Å². The predicted molar refractivity (Wildman–Crippen MR) is 75.5 cm³/mol. The Balaban J connectivity index is 2.43. The summed E-state index contributed by atoms with van der Waals surface area (Å²) < 4.78 is 17.7. The van der Waals surface area contributed by atoms with Gasteiger partial charge in [0.2, 0.25) is 0 Å². The van der Waals surface area contributed by atoms with Crippen molar-refractivity contribution in [2.45, 2.75) is 38.7 Å². The number of hydrogen-bond donors (Lipinski definition) is 0. The standard InChI is InChI=1S/C13H30NO3Si/c1-5-14(10-7-6-8-11-14)12-9-13-18(15-2,16-3)17-4/h5-13H2,1-4H3/q+1. The fourth-order valence-electron chi connectivity index (χ4n) is 3.07. The predicted octanol–water partition coefficient (Wildman–Crippen LogP) is 2.28. The quantitative estimate of drug-likeness (QED) is 0.503. The van der Waals surface area contributed by atoms with E-state index in [1.165, 1.54) is 49.9 Å². The van der Waals surface area contributed by atoms with E-state index in [1.807, 2.05) is 0 Å². The number of rotatable bonds is 8. The van der Waals surface area contributed by atoms with Gasteiger partial charge in [-0.3, -0.25) is 0 Å². The van der Waals surface area contributed by atoms with Crippen molar-refractivity contribution in [3.63, 3.8) is 0 Å². The van der Waals surface area contributed by atoms with Gasteiger partial charge in [-0.25, -0.2) is 0 Å². The molecule has 0 unspecified atom stereocenters. The average molecular weight is 276 g/mol. The largest absolute Gasteiger partial charge is 0.500 e. The van der Waals surface area contributed by atoms with Gasteiger partial charge in [-0.15, -0.1) is 0 Å². The normalized spacial score (nSPS) is 20.0. The highest BCUT2D eigenvalue weighted by molar-refractivity contribution is 6.60. The molecule has 1 fully saturated rings. The lowest BCUT2D eigenvalue weighted by Crippen LogP contribution is -2.52. The van der Waals surface area contributed by atoms with Crippen LogP contribution in [0.15, 0.2) is 0 Å². The molecular formula is C13H30NO3Si+. The topological polar surface area (TPSA) is 27.7 Å². The van der Waals surface area contributed by atoms with Gasteiger partial charge < -0.3 is 17.8 Å².